The Morgan fingerprint density at radius 2 is 2.05 bits per heavy atom. The summed E-state index contributed by atoms with van der Waals surface area (Å²) in [4.78, 5) is 4.62. The molecule has 1 fully saturated rings. The van der Waals surface area contributed by atoms with Gasteiger partial charge in [-0.2, -0.15) is 4.98 Å². The van der Waals surface area contributed by atoms with E-state index >= 15 is 0 Å². The van der Waals surface area contributed by atoms with Gasteiger partial charge in [-0.3, -0.25) is 0 Å². The maximum absolute atomic E-state index is 5.43. The number of nitrogens with zero attached hydrogens (tertiary/aromatic N) is 2. The molecule has 0 aliphatic heterocycles. The molecule has 3 rings (SSSR count). The summed E-state index contributed by atoms with van der Waals surface area (Å²) in [6.07, 6.45) is 3.15. The van der Waals surface area contributed by atoms with Crippen LogP contribution in [0.5, 0.6) is 0 Å². The van der Waals surface area contributed by atoms with Crippen LogP contribution in [0.2, 0.25) is 0 Å². The SMILES string of the molecule is CCC(NC)c1nc(C2(c3ccccc3)CC2)no1. The van der Waals surface area contributed by atoms with Gasteiger partial charge in [0.2, 0.25) is 5.89 Å². The van der Waals surface area contributed by atoms with E-state index in [0.29, 0.717) is 5.89 Å². The van der Waals surface area contributed by atoms with E-state index in [2.05, 4.69) is 46.6 Å². The van der Waals surface area contributed by atoms with Gasteiger partial charge in [-0.25, -0.2) is 0 Å². The molecule has 1 aromatic heterocycles. The van der Waals surface area contributed by atoms with Gasteiger partial charge in [0.25, 0.3) is 0 Å². The van der Waals surface area contributed by atoms with Crippen molar-refractivity contribution in [3.63, 3.8) is 0 Å². The molecule has 19 heavy (non-hydrogen) atoms. The van der Waals surface area contributed by atoms with Crippen LogP contribution in [-0.4, -0.2) is 17.2 Å². The molecule has 1 unspecified atom stereocenters. The van der Waals surface area contributed by atoms with Crippen molar-refractivity contribution in [3.05, 3.63) is 47.6 Å². The zero-order chi connectivity index (χ0) is 13.3. The first-order chi connectivity index (χ1) is 9.30. The maximum atomic E-state index is 5.43. The van der Waals surface area contributed by atoms with E-state index in [-0.39, 0.29) is 11.5 Å². The topological polar surface area (TPSA) is 51.0 Å². The number of benzene rings is 1. The number of hydrogen-bond donors (Lipinski definition) is 1. The fourth-order valence-corrected chi connectivity index (χ4v) is 2.60. The van der Waals surface area contributed by atoms with Crippen LogP contribution in [0.4, 0.5) is 0 Å². The van der Waals surface area contributed by atoms with Crippen molar-refractivity contribution in [2.45, 2.75) is 37.6 Å². The van der Waals surface area contributed by atoms with E-state index in [0.717, 1.165) is 25.1 Å². The lowest BCUT2D eigenvalue weighted by Crippen LogP contribution is -2.16. The van der Waals surface area contributed by atoms with Gasteiger partial charge in [-0.15, -0.1) is 0 Å². The van der Waals surface area contributed by atoms with Gasteiger partial charge in [-0.1, -0.05) is 42.4 Å². The molecular weight excluding hydrogens is 238 g/mol. The fourth-order valence-electron chi connectivity index (χ4n) is 2.60. The number of nitrogens with one attached hydrogen (secondary N) is 1. The molecular formula is C15H19N3O. The van der Waals surface area contributed by atoms with Crippen molar-refractivity contribution in [1.82, 2.24) is 15.5 Å². The van der Waals surface area contributed by atoms with Gasteiger partial charge >= 0.3 is 0 Å². The van der Waals surface area contributed by atoms with E-state index in [1.165, 1.54) is 5.56 Å². The highest BCUT2D eigenvalue weighted by Gasteiger charge is 2.50. The van der Waals surface area contributed by atoms with Crippen molar-refractivity contribution in [1.29, 1.82) is 0 Å². The normalized spacial score (nSPS) is 18.2. The molecule has 0 saturated heterocycles. The number of hydrogen-bond acceptors (Lipinski definition) is 4. The summed E-state index contributed by atoms with van der Waals surface area (Å²) in [5, 5.41) is 7.41. The summed E-state index contributed by atoms with van der Waals surface area (Å²) in [5.41, 5.74) is 1.29. The molecule has 4 heteroatoms. The molecule has 1 aromatic carbocycles. The van der Waals surface area contributed by atoms with Gasteiger partial charge in [0.15, 0.2) is 5.82 Å². The van der Waals surface area contributed by atoms with Gasteiger partial charge in [-0.05, 0) is 31.9 Å². The lowest BCUT2D eigenvalue weighted by molar-refractivity contribution is 0.330. The first-order valence-electron chi connectivity index (χ1n) is 6.87. The molecule has 2 aromatic rings. The third-order valence-corrected chi connectivity index (χ3v) is 4.00. The quantitative estimate of drug-likeness (QED) is 0.895. The van der Waals surface area contributed by atoms with Crippen LogP contribution in [0, 0.1) is 0 Å². The van der Waals surface area contributed by atoms with Crippen molar-refractivity contribution >= 4 is 0 Å². The smallest absolute Gasteiger partial charge is 0.243 e. The van der Waals surface area contributed by atoms with Crippen LogP contribution in [0.15, 0.2) is 34.9 Å². The van der Waals surface area contributed by atoms with Crippen LogP contribution < -0.4 is 5.32 Å². The molecule has 1 saturated carbocycles. The summed E-state index contributed by atoms with van der Waals surface area (Å²) in [7, 11) is 1.92. The summed E-state index contributed by atoms with van der Waals surface area (Å²) in [6, 6.07) is 10.6. The van der Waals surface area contributed by atoms with Crippen LogP contribution in [-0.2, 0) is 5.41 Å². The minimum Gasteiger partial charge on any atom is -0.338 e. The second-order valence-corrected chi connectivity index (χ2v) is 5.15. The molecule has 1 atom stereocenters. The predicted octanol–water partition coefficient (Wildman–Crippen LogP) is 2.82. The Hall–Kier alpha value is -1.68. The number of rotatable bonds is 5. The Morgan fingerprint density at radius 3 is 2.63 bits per heavy atom. The van der Waals surface area contributed by atoms with E-state index in [4.69, 9.17) is 4.52 Å². The molecule has 0 amide bonds. The van der Waals surface area contributed by atoms with Gasteiger partial charge in [0.05, 0.1) is 11.5 Å². The molecule has 0 spiro atoms. The first-order valence-corrected chi connectivity index (χ1v) is 6.87. The second-order valence-electron chi connectivity index (χ2n) is 5.15. The van der Waals surface area contributed by atoms with E-state index in [1.54, 1.807) is 0 Å². The molecule has 1 heterocycles. The van der Waals surface area contributed by atoms with Crippen molar-refractivity contribution in [3.8, 4) is 0 Å². The zero-order valence-corrected chi connectivity index (χ0v) is 11.4. The molecule has 100 valence electrons. The standard InChI is InChI=1S/C15H19N3O/c1-3-12(16-2)13-17-14(18-19-13)15(9-10-15)11-7-5-4-6-8-11/h4-8,12,16H,3,9-10H2,1-2H3. The van der Waals surface area contributed by atoms with Crippen molar-refractivity contribution in [2.24, 2.45) is 0 Å². The lowest BCUT2D eigenvalue weighted by atomic mass is 9.95. The van der Waals surface area contributed by atoms with E-state index < -0.39 is 0 Å². The Labute approximate surface area is 113 Å². The first kappa shape index (κ1) is 12.4. The molecule has 0 radical (unpaired) electrons. The second kappa shape index (κ2) is 4.78. The van der Waals surface area contributed by atoms with E-state index in [9.17, 15) is 0 Å². The molecule has 1 aliphatic carbocycles. The summed E-state index contributed by atoms with van der Waals surface area (Å²) in [5.74, 6) is 1.53. The average Bonchev–Trinajstić information content (AvgIpc) is 3.14. The lowest BCUT2D eigenvalue weighted by Gasteiger charge is -2.10. The minimum atomic E-state index is -0.00492. The molecule has 4 nitrogen and oxygen atoms in total. The van der Waals surface area contributed by atoms with Crippen LogP contribution >= 0.6 is 0 Å². The third-order valence-electron chi connectivity index (χ3n) is 4.00. The minimum absolute atomic E-state index is 0.00492. The maximum Gasteiger partial charge on any atom is 0.243 e. The molecule has 1 aliphatic rings. The monoisotopic (exact) mass is 257 g/mol. The van der Waals surface area contributed by atoms with Crippen LogP contribution in [0.25, 0.3) is 0 Å². The third kappa shape index (κ3) is 2.06. The highest BCUT2D eigenvalue weighted by Crippen LogP contribution is 2.52. The van der Waals surface area contributed by atoms with Crippen molar-refractivity contribution in [2.75, 3.05) is 7.05 Å². The van der Waals surface area contributed by atoms with Crippen molar-refractivity contribution < 1.29 is 4.52 Å². The predicted molar refractivity (Wildman–Crippen MR) is 72.8 cm³/mol. The summed E-state index contributed by atoms with van der Waals surface area (Å²) < 4.78 is 5.43. The van der Waals surface area contributed by atoms with Crippen LogP contribution in [0.3, 0.4) is 0 Å². The Morgan fingerprint density at radius 1 is 1.32 bits per heavy atom. The Bertz CT molecular complexity index is 542. The van der Waals surface area contributed by atoms with Gasteiger partial charge < -0.3 is 9.84 Å². The van der Waals surface area contributed by atoms with E-state index in [1.807, 2.05) is 13.1 Å². The fraction of sp³-hybridized carbons (Fsp3) is 0.467. The summed E-state index contributed by atoms with van der Waals surface area (Å²) >= 11 is 0. The molecule has 1 N–H and O–H groups in total. The highest BCUT2D eigenvalue weighted by atomic mass is 16.5. The summed E-state index contributed by atoms with van der Waals surface area (Å²) in [6.45, 7) is 2.11. The van der Waals surface area contributed by atoms with Gasteiger partial charge in [0.1, 0.15) is 0 Å². The zero-order valence-electron chi connectivity index (χ0n) is 11.4. The highest BCUT2D eigenvalue weighted by molar-refractivity contribution is 5.38. The Balaban J connectivity index is 1.91. The largest absolute Gasteiger partial charge is 0.338 e. The number of aromatic nitrogens is 2. The molecule has 0 bridgehead atoms. The van der Waals surface area contributed by atoms with Gasteiger partial charge in [0, 0.05) is 0 Å². The van der Waals surface area contributed by atoms with Crippen LogP contribution in [0.1, 0.15) is 49.5 Å². The average molecular weight is 257 g/mol. The Kier molecular flexibility index (Phi) is 3.11.